The van der Waals surface area contributed by atoms with E-state index in [-0.39, 0.29) is 32.2 Å². The van der Waals surface area contributed by atoms with E-state index >= 15 is 0 Å². The van der Waals surface area contributed by atoms with Gasteiger partial charge in [0.1, 0.15) is 25.7 Å². The maximum absolute atomic E-state index is 9.85. The standard InChI is InChI=1S/C25H54NO4.ClH/c1-2-3-4-5-6-7-8-9-10-11-12-13-14-15-16-17-18-26(19-21-27,20-22-28)23-25(30)24-29;/h25,27-30H,2-24H2,1H3;1H/q+1;/p-1. The summed E-state index contributed by atoms with van der Waals surface area (Å²) in [5.41, 5.74) is 0. The topological polar surface area (TPSA) is 80.9 Å². The summed E-state index contributed by atoms with van der Waals surface area (Å²) in [4.78, 5) is 0. The molecule has 0 fully saturated rings. The van der Waals surface area contributed by atoms with Crippen molar-refractivity contribution in [3.05, 3.63) is 0 Å². The van der Waals surface area contributed by atoms with Crippen molar-refractivity contribution < 1.29 is 37.3 Å². The van der Waals surface area contributed by atoms with Crippen LogP contribution in [0.4, 0.5) is 0 Å². The molecule has 190 valence electrons. The first-order valence-electron chi connectivity index (χ1n) is 13.0. The normalized spacial score (nSPS) is 12.7. The summed E-state index contributed by atoms with van der Waals surface area (Å²) in [7, 11) is 0. The first-order chi connectivity index (χ1) is 14.6. The molecule has 0 aromatic carbocycles. The molecule has 0 heterocycles. The maximum atomic E-state index is 9.85. The van der Waals surface area contributed by atoms with Crippen molar-refractivity contribution >= 4 is 0 Å². The average molecular weight is 468 g/mol. The van der Waals surface area contributed by atoms with E-state index in [4.69, 9.17) is 5.11 Å². The van der Waals surface area contributed by atoms with E-state index in [0.29, 0.717) is 24.1 Å². The maximum Gasteiger partial charge on any atom is 0.126 e. The fourth-order valence-corrected chi connectivity index (χ4v) is 4.53. The summed E-state index contributed by atoms with van der Waals surface area (Å²) >= 11 is 0. The lowest BCUT2D eigenvalue weighted by Crippen LogP contribution is -3.00. The molecule has 0 aliphatic rings. The van der Waals surface area contributed by atoms with Gasteiger partial charge in [0.05, 0.1) is 26.4 Å². The van der Waals surface area contributed by atoms with Crippen molar-refractivity contribution in [3.8, 4) is 0 Å². The minimum absolute atomic E-state index is 0. The third-order valence-corrected chi connectivity index (χ3v) is 6.44. The van der Waals surface area contributed by atoms with Crippen molar-refractivity contribution in [2.75, 3.05) is 46.0 Å². The van der Waals surface area contributed by atoms with Crippen LogP contribution in [0.2, 0.25) is 0 Å². The molecule has 0 aromatic heterocycles. The van der Waals surface area contributed by atoms with Crippen molar-refractivity contribution in [1.29, 1.82) is 0 Å². The van der Waals surface area contributed by atoms with Crippen molar-refractivity contribution in [2.45, 2.75) is 116 Å². The highest BCUT2D eigenvalue weighted by molar-refractivity contribution is 4.56. The van der Waals surface area contributed by atoms with Crippen LogP contribution in [0.15, 0.2) is 0 Å². The van der Waals surface area contributed by atoms with Crippen LogP contribution in [0.1, 0.15) is 110 Å². The number of hydrogen-bond acceptors (Lipinski definition) is 4. The van der Waals surface area contributed by atoms with Gasteiger partial charge < -0.3 is 37.3 Å². The predicted octanol–water partition coefficient (Wildman–Crippen LogP) is 1.41. The molecule has 1 atom stereocenters. The molecule has 0 saturated heterocycles. The van der Waals surface area contributed by atoms with Crippen LogP contribution in [0, 0.1) is 0 Å². The molecule has 0 spiro atoms. The van der Waals surface area contributed by atoms with E-state index in [2.05, 4.69) is 6.92 Å². The van der Waals surface area contributed by atoms with Crippen LogP contribution in [-0.2, 0) is 0 Å². The largest absolute Gasteiger partial charge is 1.00 e. The lowest BCUT2D eigenvalue weighted by atomic mass is 10.0. The van der Waals surface area contributed by atoms with E-state index in [0.717, 1.165) is 19.4 Å². The number of aliphatic hydroxyl groups excluding tert-OH is 4. The van der Waals surface area contributed by atoms with Crippen LogP contribution >= 0.6 is 0 Å². The van der Waals surface area contributed by atoms with Crippen LogP contribution in [0.25, 0.3) is 0 Å². The number of quaternary nitrogens is 1. The summed E-state index contributed by atoms with van der Waals surface area (Å²) in [6.45, 7) is 4.37. The Morgan fingerprint density at radius 2 is 0.903 bits per heavy atom. The molecule has 6 heteroatoms. The van der Waals surface area contributed by atoms with Crippen LogP contribution in [0.3, 0.4) is 0 Å². The zero-order valence-electron chi connectivity index (χ0n) is 20.5. The van der Waals surface area contributed by atoms with Crippen molar-refractivity contribution in [1.82, 2.24) is 0 Å². The number of nitrogens with zero attached hydrogens (tertiary/aromatic N) is 1. The molecule has 0 rings (SSSR count). The van der Waals surface area contributed by atoms with E-state index in [1.165, 1.54) is 89.9 Å². The minimum atomic E-state index is -0.788. The molecule has 4 N–H and O–H groups in total. The number of hydrogen-bond donors (Lipinski definition) is 4. The molecule has 0 radical (unpaired) electrons. The molecule has 0 bridgehead atoms. The first kappa shape index (κ1) is 33.3. The Balaban J connectivity index is 0. The highest BCUT2D eigenvalue weighted by atomic mass is 35.5. The first-order valence-corrected chi connectivity index (χ1v) is 13.0. The number of halogens is 1. The molecule has 31 heavy (non-hydrogen) atoms. The van der Waals surface area contributed by atoms with Crippen molar-refractivity contribution in [2.24, 2.45) is 0 Å². The Labute approximate surface area is 199 Å². The summed E-state index contributed by atoms with van der Waals surface area (Å²) in [6, 6.07) is 0. The van der Waals surface area contributed by atoms with E-state index < -0.39 is 6.10 Å². The van der Waals surface area contributed by atoms with Crippen LogP contribution in [0.5, 0.6) is 0 Å². The number of aliphatic hydroxyl groups is 4. The quantitative estimate of drug-likeness (QED) is 0.128. The minimum Gasteiger partial charge on any atom is -1.00 e. The highest BCUT2D eigenvalue weighted by Crippen LogP contribution is 2.15. The average Bonchev–Trinajstić information content (AvgIpc) is 2.73. The zero-order valence-corrected chi connectivity index (χ0v) is 21.2. The lowest BCUT2D eigenvalue weighted by molar-refractivity contribution is -0.931. The van der Waals surface area contributed by atoms with Gasteiger partial charge in [-0.25, -0.2) is 0 Å². The Hall–Kier alpha value is 0.0900. The summed E-state index contributed by atoms with van der Waals surface area (Å²) in [6.07, 6.45) is 20.6. The van der Waals surface area contributed by atoms with Crippen LogP contribution in [-0.4, -0.2) is 77.0 Å². The van der Waals surface area contributed by atoms with Gasteiger partial charge in [0, 0.05) is 0 Å². The molecule has 0 saturated carbocycles. The molecule has 5 nitrogen and oxygen atoms in total. The second-order valence-corrected chi connectivity index (χ2v) is 9.28. The Kier molecular flexibility index (Phi) is 26.5. The van der Waals surface area contributed by atoms with Gasteiger partial charge in [0.15, 0.2) is 0 Å². The molecule has 0 aliphatic carbocycles. The van der Waals surface area contributed by atoms with Gasteiger partial charge in [-0.1, -0.05) is 96.8 Å². The second kappa shape index (κ2) is 24.7. The van der Waals surface area contributed by atoms with Gasteiger partial charge in [-0.05, 0) is 12.8 Å². The Morgan fingerprint density at radius 3 is 1.23 bits per heavy atom. The molecule has 0 aromatic rings. The van der Waals surface area contributed by atoms with Crippen LogP contribution < -0.4 is 12.4 Å². The third-order valence-electron chi connectivity index (χ3n) is 6.44. The number of unbranched alkanes of at least 4 members (excludes halogenated alkanes) is 15. The molecule has 0 aliphatic heterocycles. The van der Waals surface area contributed by atoms with Gasteiger partial charge in [0.2, 0.25) is 0 Å². The van der Waals surface area contributed by atoms with E-state index in [1.807, 2.05) is 0 Å². The third kappa shape index (κ3) is 20.4. The van der Waals surface area contributed by atoms with Gasteiger partial charge in [-0.2, -0.15) is 0 Å². The molecule has 0 amide bonds. The fraction of sp³-hybridized carbons (Fsp3) is 1.00. The SMILES string of the molecule is CCCCCCCCCCCCCCCCCC[N+](CCO)(CCO)CC(O)CO.[Cl-]. The Bertz CT molecular complexity index is 341. The van der Waals surface area contributed by atoms with E-state index in [1.54, 1.807) is 0 Å². The predicted molar refractivity (Wildman–Crippen MR) is 127 cm³/mol. The van der Waals surface area contributed by atoms with Gasteiger partial charge in [-0.15, -0.1) is 0 Å². The molecular formula is C25H54ClNO4. The second-order valence-electron chi connectivity index (χ2n) is 9.28. The highest BCUT2D eigenvalue weighted by Gasteiger charge is 2.28. The summed E-state index contributed by atoms with van der Waals surface area (Å²) in [5.74, 6) is 0. The number of rotatable bonds is 24. The summed E-state index contributed by atoms with van der Waals surface area (Å²) < 4.78 is 0.493. The van der Waals surface area contributed by atoms with Gasteiger partial charge >= 0.3 is 0 Å². The monoisotopic (exact) mass is 467 g/mol. The Morgan fingerprint density at radius 1 is 0.548 bits per heavy atom. The zero-order chi connectivity index (χ0) is 22.3. The molecular weight excluding hydrogens is 414 g/mol. The van der Waals surface area contributed by atoms with Crippen molar-refractivity contribution in [3.63, 3.8) is 0 Å². The lowest BCUT2D eigenvalue weighted by Gasteiger charge is -2.39. The summed E-state index contributed by atoms with van der Waals surface area (Å²) in [5, 5.41) is 37.8. The van der Waals surface area contributed by atoms with E-state index in [9.17, 15) is 15.3 Å². The molecule has 1 unspecified atom stereocenters. The van der Waals surface area contributed by atoms with Gasteiger partial charge in [0.25, 0.3) is 0 Å². The smallest absolute Gasteiger partial charge is 0.126 e. The fourth-order valence-electron chi connectivity index (χ4n) is 4.53. The van der Waals surface area contributed by atoms with Gasteiger partial charge in [-0.3, -0.25) is 0 Å².